The number of carbonyl (C=O) groups excluding carboxylic acids is 2. The van der Waals surface area contributed by atoms with Crippen LogP contribution in [0.25, 0.3) is 0 Å². The summed E-state index contributed by atoms with van der Waals surface area (Å²) in [4.78, 5) is 31.5. The van der Waals surface area contributed by atoms with Gasteiger partial charge in [0.1, 0.15) is 0 Å². The van der Waals surface area contributed by atoms with Crippen molar-refractivity contribution in [3.8, 4) is 0 Å². The number of halogens is 1. The van der Waals surface area contributed by atoms with E-state index < -0.39 is 6.09 Å². The Bertz CT molecular complexity index is 776. The summed E-state index contributed by atoms with van der Waals surface area (Å²) < 4.78 is 4.86. The Morgan fingerprint density at radius 1 is 1.36 bits per heavy atom. The van der Waals surface area contributed by atoms with Crippen LogP contribution in [-0.4, -0.2) is 41.5 Å². The van der Waals surface area contributed by atoms with Gasteiger partial charge in [0.15, 0.2) is 10.9 Å². The SMILES string of the molecule is CCOC(=O)Nc1nc2c(s1)CN(CC(=O)c1ccc(Cl)cc1)CC2. The van der Waals surface area contributed by atoms with Gasteiger partial charge in [-0.05, 0) is 31.2 Å². The number of amides is 1. The molecule has 0 radical (unpaired) electrons. The Balaban J connectivity index is 1.61. The summed E-state index contributed by atoms with van der Waals surface area (Å²) in [5.41, 5.74) is 1.64. The smallest absolute Gasteiger partial charge is 0.413 e. The van der Waals surface area contributed by atoms with Gasteiger partial charge in [-0.15, -0.1) is 0 Å². The van der Waals surface area contributed by atoms with E-state index in [9.17, 15) is 9.59 Å². The standard InChI is InChI=1S/C17H18ClN3O3S/c1-2-24-17(23)20-16-19-13-7-8-21(10-15(13)25-16)9-14(22)11-3-5-12(18)6-4-11/h3-6H,2,7-10H2,1H3,(H,19,20,23). The molecule has 0 bridgehead atoms. The van der Waals surface area contributed by atoms with E-state index in [0.29, 0.717) is 35.4 Å². The molecule has 1 aromatic carbocycles. The van der Waals surface area contributed by atoms with Crippen molar-refractivity contribution >= 4 is 39.9 Å². The molecular formula is C17H18ClN3O3S. The Morgan fingerprint density at radius 2 is 2.12 bits per heavy atom. The molecular weight excluding hydrogens is 362 g/mol. The van der Waals surface area contributed by atoms with Gasteiger partial charge in [0, 0.05) is 35.0 Å². The molecule has 1 amide bonds. The van der Waals surface area contributed by atoms with Crippen LogP contribution >= 0.6 is 22.9 Å². The van der Waals surface area contributed by atoms with E-state index in [4.69, 9.17) is 16.3 Å². The topological polar surface area (TPSA) is 71.5 Å². The van der Waals surface area contributed by atoms with E-state index in [2.05, 4.69) is 15.2 Å². The molecule has 3 rings (SSSR count). The van der Waals surface area contributed by atoms with Crippen LogP contribution < -0.4 is 5.32 Å². The van der Waals surface area contributed by atoms with E-state index in [-0.39, 0.29) is 5.78 Å². The number of Topliss-reactive ketones (excluding diaryl/α,β-unsaturated/α-hetero) is 1. The van der Waals surface area contributed by atoms with Crippen molar-refractivity contribution in [1.82, 2.24) is 9.88 Å². The first kappa shape index (κ1) is 17.8. The predicted molar refractivity (Wildman–Crippen MR) is 97.5 cm³/mol. The quantitative estimate of drug-likeness (QED) is 0.803. The third-order valence-corrected chi connectivity index (χ3v) is 5.08. The fourth-order valence-electron chi connectivity index (χ4n) is 2.62. The fourth-order valence-corrected chi connectivity index (χ4v) is 3.78. The Labute approximate surface area is 154 Å². The third-order valence-electron chi connectivity index (χ3n) is 3.83. The number of ketones is 1. The molecule has 0 saturated heterocycles. The highest BCUT2D eigenvalue weighted by molar-refractivity contribution is 7.15. The molecule has 0 saturated carbocycles. The van der Waals surface area contributed by atoms with Gasteiger partial charge in [0.25, 0.3) is 0 Å². The normalized spacial score (nSPS) is 14.0. The number of nitrogens with one attached hydrogen (secondary N) is 1. The lowest BCUT2D eigenvalue weighted by atomic mass is 10.1. The molecule has 25 heavy (non-hydrogen) atoms. The molecule has 0 spiro atoms. The highest BCUT2D eigenvalue weighted by Crippen LogP contribution is 2.28. The molecule has 2 heterocycles. The molecule has 1 aromatic heterocycles. The largest absolute Gasteiger partial charge is 0.450 e. The number of rotatable bonds is 5. The summed E-state index contributed by atoms with van der Waals surface area (Å²) in [5, 5.41) is 3.79. The summed E-state index contributed by atoms with van der Waals surface area (Å²) in [6.45, 7) is 3.82. The highest BCUT2D eigenvalue weighted by atomic mass is 35.5. The maximum absolute atomic E-state index is 12.4. The molecule has 1 aliphatic rings. The van der Waals surface area contributed by atoms with Gasteiger partial charge in [-0.25, -0.2) is 9.78 Å². The van der Waals surface area contributed by atoms with Crippen molar-refractivity contribution in [2.75, 3.05) is 25.0 Å². The number of benzene rings is 1. The van der Waals surface area contributed by atoms with Crippen LogP contribution in [0.2, 0.25) is 5.02 Å². The Kier molecular flexibility index (Phi) is 5.67. The summed E-state index contributed by atoms with van der Waals surface area (Å²) in [6, 6.07) is 6.93. The molecule has 0 unspecified atom stereocenters. The maximum atomic E-state index is 12.4. The van der Waals surface area contributed by atoms with E-state index in [1.165, 1.54) is 11.3 Å². The zero-order valence-corrected chi connectivity index (χ0v) is 15.3. The van der Waals surface area contributed by atoms with Crippen LogP contribution in [0.3, 0.4) is 0 Å². The number of nitrogens with zero attached hydrogens (tertiary/aromatic N) is 2. The van der Waals surface area contributed by atoms with Crippen molar-refractivity contribution in [3.63, 3.8) is 0 Å². The van der Waals surface area contributed by atoms with Gasteiger partial charge in [0.05, 0.1) is 18.8 Å². The summed E-state index contributed by atoms with van der Waals surface area (Å²) in [6.07, 6.45) is 0.257. The zero-order valence-electron chi connectivity index (χ0n) is 13.8. The van der Waals surface area contributed by atoms with E-state index >= 15 is 0 Å². The predicted octanol–water partition coefficient (Wildman–Crippen LogP) is 3.61. The van der Waals surface area contributed by atoms with Gasteiger partial charge in [-0.1, -0.05) is 22.9 Å². The van der Waals surface area contributed by atoms with Crippen LogP contribution in [0.1, 0.15) is 27.9 Å². The zero-order chi connectivity index (χ0) is 17.8. The fraction of sp³-hybridized carbons (Fsp3) is 0.353. The minimum Gasteiger partial charge on any atom is -0.450 e. The maximum Gasteiger partial charge on any atom is 0.413 e. The molecule has 0 atom stereocenters. The molecule has 8 heteroatoms. The minimum absolute atomic E-state index is 0.0644. The van der Waals surface area contributed by atoms with E-state index in [0.717, 1.165) is 23.5 Å². The molecule has 0 fully saturated rings. The van der Waals surface area contributed by atoms with Gasteiger partial charge in [-0.2, -0.15) is 0 Å². The van der Waals surface area contributed by atoms with Crippen LogP contribution in [-0.2, 0) is 17.7 Å². The minimum atomic E-state index is -0.497. The van der Waals surface area contributed by atoms with Crippen LogP contribution in [0, 0.1) is 0 Å². The number of anilines is 1. The lowest BCUT2D eigenvalue weighted by molar-refractivity contribution is 0.0922. The van der Waals surface area contributed by atoms with Crippen molar-refractivity contribution in [3.05, 3.63) is 45.4 Å². The molecule has 6 nitrogen and oxygen atoms in total. The second-order valence-electron chi connectivity index (χ2n) is 5.63. The monoisotopic (exact) mass is 379 g/mol. The van der Waals surface area contributed by atoms with Crippen molar-refractivity contribution in [2.24, 2.45) is 0 Å². The van der Waals surface area contributed by atoms with Gasteiger partial charge >= 0.3 is 6.09 Å². The van der Waals surface area contributed by atoms with Crippen LogP contribution in [0.15, 0.2) is 24.3 Å². The number of thiazole rings is 1. The first-order valence-corrected chi connectivity index (χ1v) is 9.18. The second-order valence-corrected chi connectivity index (χ2v) is 7.15. The van der Waals surface area contributed by atoms with Crippen molar-refractivity contribution < 1.29 is 14.3 Å². The third kappa shape index (κ3) is 4.56. The summed E-state index contributed by atoms with van der Waals surface area (Å²) >= 11 is 7.28. The first-order valence-electron chi connectivity index (χ1n) is 7.98. The van der Waals surface area contributed by atoms with Crippen LogP contribution in [0.5, 0.6) is 0 Å². The lowest BCUT2D eigenvalue weighted by Gasteiger charge is -2.25. The van der Waals surface area contributed by atoms with Crippen molar-refractivity contribution in [1.29, 1.82) is 0 Å². The van der Waals surface area contributed by atoms with E-state index in [1.54, 1.807) is 31.2 Å². The number of fused-ring (bicyclic) bond motifs is 1. The lowest BCUT2D eigenvalue weighted by Crippen LogP contribution is -2.34. The molecule has 1 N–H and O–H groups in total. The Hall–Kier alpha value is -1.96. The highest BCUT2D eigenvalue weighted by Gasteiger charge is 2.23. The average Bonchev–Trinajstić information content (AvgIpc) is 2.97. The first-order chi connectivity index (χ1) is 12.0. The van der Waals surface area contributed by atoms with Gasteiger partial charge < -0.3 is 4.74 Å². The molecule has 2 aromatic rings. The van der Waals surface area contributed by atoms with E-state index in [1.807, 2.05) is 0 Å². The summed E-state index contributed by atoms with van der Waals surface area (Å²) in [5.74, 6) is 0.0644. The Morgan fingerprint density at radius 3 is 2.84 bits per heavy atom. The molecule has 132 valence electrons. The number of carbonyl (C=O) groups is 2. The van der Waals surface area contributed by atoms with Crippen molar-refractivity contribution in [2.45, 2.75) is 19.9 Å². The number of aromatic nitrogens is 1. The average molecular weight is 380 g/mol. The molecule has 1 aliphatic heterocycles. The summed E-state index contributed by atoms with van der Waals surface area (Å²) in [7, 11) is 0. The molecule has 0 aliphatic carbocycles. The number of hydrogen-bond acceptors (Lipinski definition) is 6. The second kappa shape index (κ2) is 7.95. The number of hydrogen-bond donors (Lipinski definition) is 1. The van der Waals surface area contributed by atoms with Gasteiger partial charge in [-0.3, -0.25) is 15.0 Å². The van der Waals surface area contributed by atoms with Crippen LogP contribution in [0.4, 0.5) is 9.93 Å². The van der Waals surface area contributed by atoms with Gasteiger partial charge in [0.2, 0.25) is 0 Å². The number of ether oxygens (including phenoxy) is 1.